The molecule has 5 amide bonds. The predicted molar refractivity (Wildman–Crippen MR) is 157 cm³/mol. The van der Waals surface area contributed by atoms with Crippen LogP contribution in [0.15, 0.2) is 70.7 Å². The number of urea groups is 1. The number of hydrogen-bond acceptors (Lipinski definition) is 7. The molecule has 12 heteroatoms. The molecule has 0 saturated carbocycles. The Morgan fingerprint density at radius 3 is 2.48 bits per heavy atom. The molecule has 42 heavy (non-hydrogen) atoms. The van der Waals surface area contributed by atoms with Crippen molar-refractivity contribution in [3.63, 3.8) is 0 Å². The van der Waals surface area contributed by atoms with Crippen LogP contribution in [0.4, 0.5) is 20.6 Å². The average Bonchev–Trinajstić information content (AvgIpc) is 2.95. The fourth-order valence-corrected chi connectivity index (χ4v) is 4.32. The molecule has 2 N–H and O–H groups in total. The Bertz CT molecular complexity index is 1560. The number of para-hydroxylation sites is 1. The largest absolute Gasteiger partial charge is 0.490 e. The molecular formula is C30H27BrFN3O7. The van der Waals surface area contributed by atoms with E-state index in [2.05, 4.69) is 26.6 Å². The number of nitrogens with one attached hydrogen (secondary N) is 2. The highest BCUT2D eigenvalue weighted by atomic mass is 79.9. The molecule has 1 fully saturated rings. The molecule has 3 aromatic rings. The van der Waals surface area contributed by atoms with Crippen molar-refractivity contribution in [1.29, 1.82) is 0 Å². The molecule has 1 aliphatic rings. The van der Waals surface area contributed by atoms with Crippen LogP contribution in [-0.2, 0) is 14.4 Å². The van der Waals surface area contributed by atoms with Gasteiger partial charge in [-0.05, 0) is 61.9 Å². The van der Waals surface area contributed by atoms with E-state index in [4.69, 9.17) is 14.2 Å². The molecule has 0 spiro atoms. The van der Waals surface area contributed by atoms with Crippen LogP contribution in [-0.4, -0.2) is 43.6 Å². The van der Waals surface area contributed by atoms with Gasteiger partial charge in [0.1, 0.15) is 17.1 Å². The first-order valence-corrected chi connectivity index (χ1v) is 13.8. The first kappa shape index (κ1) is 30.3. The number of hydrogen-bond donors (Lipinski definition) is 2. The monoisotopic (exact) mass is 639 g/mol. The smallest absolute Gasteiger partial charge is 0.335 e. The van der Waals surface area contributed by atoms with Crippen molar-refractivity contribution in [2.75, 3.05) is 30.0 Å². The van der Waals surface area contributed by atoms with Gasteiger partial charge < -0.3 is 19.5 Å². The van der Waals surface area contributed by atoms with Gasteiger partial charge >= 0.3 is 6.03 Å². The van der Waals surface area contributed by atoms with E-state index < -0.39 is 36.2 Å². The van der Waals surface area contributed by atoms with Gasteiger partial charge in [-0.2, -0.15) is 0 Å². The normalized spacial score (nSPS) is 14.0. The van der Waals surface area contributed by atoms with Crippen LogP contribution in [0.5, 0.6) is 17.2 Å². The minimum Gasteiger partial charge on any atom is -0.490 e. The molecule has 1 aliphatic heterocycles. The molecule has 218 valence electrons. The second-order valence-corrected chi connectivity index (χ2v) is 9.78. The van der Waals surface area contributed by atoms with E-state index in [-0.39, 0.29) is 28.3 Å². The van der Waals surface area contributed by atoms with Crippen molar-refractivity contribution >= 4 is 57.1 Å². The fourth-order valence-electron chi connectivity index (χ4n) is 3.94. The van der Waals surface area contributed by atoms with E-state index in [0.717, 1.165) is 11.3 Å². The van der Waals surface area contributed by atoms with Crippen LogP contribution in [0.25, 0.3) is 6.08 Å². The summed E-state index contributed by atoms with van der Waals surface area (Å²) in [7, 11) is 0. The number of carbonyl (C=O) groups is 4. The number of amides is 5. The van der Waals surface area contributed by atoms with E-state index in [1.54, 1.807) is 31.2 Å². The highest BCUT2D eigenvalue weighted by Crippen LogP contribution is 2.34. The maximum atomic E-state index is 13.9. The standard InChI is InChI=1S/C30H27BrFN3O7/c1-3-13-41-25-12-10-20(16-26(25)40-4-2)35-29(38)21(28(37)34-30(35)39)15-18-14-19(31)9-11-24(18)42-17-27(36)33-23-8-6-5-7-22(23)32/h5-12,14-16H,3-4,13,17H2,1-2H3,(H,33,36)(H,34,37,39)/b21-15+. The minimum atomic E-state index is -0.928. The lowest BCUT2D eigenvalue weighted by Gasteiger charge is -2.27. The summed E-state index contributed by atoms with van der Waals surface area (Å²) in [4.78, 5) is 52.3. The number of halogens is 2. The summed E-state index contributed by atoms with van der Waals surface area (Å²) < 4.78 is 31.5. The Morgan fingerprint density at radius 1 is 0.976 bits per heavy atom. The van der Waals surface area contributed by atoms with Crippen molar-refractivity contribution in [3.05, 3.63) is 82.1 Å². The molecular weight excluding hydrogens is 613 g/mol. The number of carbonyl (C=O) groups excluding carboxylic acids is 4. The third-order valence-electron chi connectivity index (χ3n) is 5.83. The fraction of sp³-hybridized carbons (Fsp3) is 0.200. The lowest BCUT2D eigenvalue weighted by Crippen LogP contribution is -2.54. The van der Waals surface area contributed by atoms with E-state index >= 15 is 0 Å². The number of rotatable bonds is 11. The molecule has 1 heterocycles. The number of benzene rings is 3. The van der Waals surface area contributed by atoms with Gasteiger partial charge in [-0.25, -0.2) is 14.1 Å². The summed E-state index contributed by atoms with van der Waals surface area (Å²) in [6.07, 6.45) is 2.03. The van der Waals surface area contributed by atoms with E-state index in [1.165, 1.54) is 42.5 Å². The average molecular weight is 640 g/mol. The SMILES string of the molecule is CCCOc1ccc(N2C(=O)NC(=O)/C(=C\c3cc(Br)ccc3OCC(=O)Nc3ccccc3F)C2=O)cc1OCC. The summed E-state index contributed by atoms with van der Waals surface area (Å²) >= 11 is 3.35. The molecule has 0 atom stereocenters. The zero-order valence-corrected chi connectivity index (χ0v) is 24.3. The highest BCUT2D eigenvalue weighted by Gasteiger charge is 2.37. The summed E-state index contributed by atoms with van der Waals surface area (Å²) in [5, 5.41) is 4.60. The van der Waals surface area contributed by atoms with Gasteiger partial charge in [-0.3, -0.25) is 19.7 Å². The van der Waals surface area contributed by atoms with Crippen LogP contribution in [0, 0.1) is 5.82 Å². The Balaban J connectivity index is 1.60. The summed E-state index contributed by atoms with van der Waals surface area (Å²) in [6.45, 7) is 4.03. The Labute approximate surface area is 249 Å². The summed E-state index contributed by atoms with van der Waals surface area (Å²) in [6, 6.07) is 14.1. The van der Waals surface area contributed by atoms with Gasteiger partial charge in [-0.1, -0.05) is 35.0 Å². The summed E-state index contributed by atoms with van der Waals surface area (Å²) in [5.74, 6) is -2.06. The lowest BCUT2D eigenvalue weighted by atomic mass is 10.1. The maximum Gasteiger partial charge on any atom is 0.335 e. The summed E-state index contributed by atoms with van der Waals surface area (Å²) in [5.41, 5.74) is 0.0847. The molecule has 4 rings (SSSR count). The quantitative estimate of drug-likeness (QED) is 0.211. The number of barbiturate groups is 1. The third-order valence-corrected chi connectivity index (χ3v) is 6.32. The molecule has 10 nitrogen and oxygen atoms in total. The Morgan fingerprint density at radius 2 is 1.74 bits per heavy atom. The van der Waals surface area contributed by atoms with E-state index in [1.807, 2.05) is 6.92 Å². The van der Waals surface area contributed by atoms with Crippen LogP contribution in [0.2, 0.25) is 0 Å². The molecule has 0 aliphatic carbocycles. The van der Waals surface area contributed by atoms with Crippen LogP contribution < -0.4 is 29.7 Å². The zero-order chi connectivity index (χ0) is 30.2. The molecule has 0 aromatic heterocycles. The third kappa shape index (κ3) is 7.13. The Hall–Kier alpha value is -4.71. The zero-order valence-electron chi connectivity index (χ0n) is 22.7. The maximum absolute atomic E-state index is 13.9. The van der Waals surface area contributed by atoms with Crippen LogP contribution in [0.3, 0.4) is 0 Å². The number of nitrogens with zero attached hydrogens (tertiary/aromatic N) is 1. The van der Waals surface area contributed by atoms with Gasteiger partial charge in [0, 0.05) is 16.1 Å². The topological polar surface area (TPSA) is 123 Å². The lowest BCUT2D eigenvalue weighted by molar-refractivity contribution is -0.122. The molecule has 0 radical (unpaired) electrons. The van der Waals surface area contributed by atoms with Gasteiger partial charge in [0.25, 0.3) is 17.7 Å². The Kier molecular flexibility index (Phi) is 9.92. The number of anilines is 2. The molecule has 1 saturated heterocycles. The molecule has 0 bridgehead atoms. The van der Waals surface area contributed by atoms with E-state index in [9.17, 15) is 23.6 Å². The first-order valence-electron chi connectivity index (χ1n) is 13.0. The predicted octanol–water partition coefficient (Wildman–Crippen LogP) is 5.46. The van der Waals surface area contributed by atoms with Crippen molar-refractivity contribution in [2.24, 2.45) is 0 Å². The van der Waals surface area contributed by atoms with Crippen LogP contribution in [0.1, 0.15) is 25.8 Å². The van der Waals surface area contributed by atoms with Crippen LogP contribution >= 0.6 is 15.9 Å². The van der Waals surface area contributed by atoms with Gasteiger partial charge in [0.05, 0.1) is 24.6 Å². The van der Waals surface area contributed by atoms with Gasteiger partial charge in [0.15, 0.2) is 18.1 Å². The second kappa shape index (κ2) is 13.8. The van der Waals surface area contributed by atoms with Gasteiger partial charge in [0.2, 0.25) is 0 Å². The second-order valence-electron chi connectivity index (χ2n) is 8.87. The number of ether oxygens (including phenoxy) is 3. The highest BCUT2D eigenvalue weighted by molar-refractivity contribution is 9.10. The van der Waals surface area contributed by atoms with Crippen molar-refractivity contribution in [1.82, 2.24) is 5.32 Å². The van der Waals surface area contributed by atoms with Crippen molar-refractivity contribution in [3.8, 4) is 17.2 Å². The molecule has 0 unspecified atom stereocenters. The van der Waals surface area contributed by atoms with E-state index in [0.29, 0.717) is 29.2 Å². The molecule has 3 aromatic carbocycles. The number of imide groups is 2. The van der Waals surface area contributed by atoms with Gasteiger partial charge in [-0.15, -0.1) is 0 Å². The minimum absolute atomic E-state index is 0.00377. The van der Waals surface area contributed by atoms with Crippen molar-refractivity contribution in [2.45, 2.75) is 20.3 Å². The van der Waals surface area contributed by atoms with Crippen molar-refractivity contribution < 1.29 is 37.8 Å². The first-order chi connectivity index (χ1) is 20.2.